The Morgan fingerprint density at radius 1 is 1.31 bits per heavy atom. The lowest BCUT2D eigenvalue weighted by atomic mass is 9.85. The largest absolute Gasteiger partial charge is 0.384 e. The van der Waals surface area contributed by atoms with Crippen LogP contribution in [-0.2, 0) is 16.1 Å². The topological polar surface area (TPSA) is 44.8 Å². The van der Waals surface area contributed by atoms with Gasteiger partial charge in [-0.3, -0.25) is 9.69 Å². The standard InChI is InChI=1S/C20H31N3O2.ClH/c1-22(19(24)20(16-25-2)10-11-21-15-20)18-8-12-23(13-9-18)14-17-6-4-3-5-7-17;/h3-7,18,21H,8-16H2,1-2H3;1H. The number of likely N-dealkylation sites (tertiary alicyclic amines) is 1. The molecule has 1 aromatic rings. The summed E-state index contributed by atoms with van der Waals surface area (Å²) in [6.07, 6.45) is 2.97. The first kappa shape index (κ1) is 21.2. The van der Waals surface area contributed by atoms with Crippen LogP contribution < -0.4 is 5.32 Å². The minimum absolute atomic E-state index is 0. The van der Waals surface area contributed by atoms with Gasteiger partial charge in [0.05, 0.1) is 12.0 Å². The summed E-state index contributed by atoms with van der Waals surface area (Å²) in [6.45, 7) is 5.24. The fraction of sp³-hybridized carbons (Fsp3) is 0.650. The van der Waals surface area contributed by atoms with E-state index in [1.54, 1.807) is 7.11 Å². The molecule has 3 rings (SSSR count). The van der Waals surface area contributed by atoms with Gasteiger partial charge in [0.1, 0.15) is 0 Å². The van der Waals surface area contributed by atoms with Crippen molar-refractivity contribution in [3.05, 3.63) is 35.9 Å². The van der Waals surface area contributed by atoms with Crippen molar-refractivity contribution in [2.45, 2.75) is 31.8 Å². The lowest BCUT2D eigenvalue weighted by molar-refractivity contribution is -0.146. The van der Waals surface area contributed by atoms with Gasteiger partial charge in [-0.25, -0.2) is 0 Å². The lowest BCUT2D eigenvalue weighted by Crippen LogP contribution is -2.52. The highest BCUT2D eigenvalue weighted by Crippen LogP contribution is 2.30. The maximum atomic E-state index is 13.1. The number of carbonyl (C=O) groups is 1. The van der Waals surface area contributed by atoms with E-state index in [2.05, 4.69) is 40.5 Å². The smallest absolute Gasteiger partial charge is 0.232 e. The molecule has 2 aliphatic heterocycles. The van der Waals surface area contributed by atoms with E-state index in [9.17, 15) is 4.79 Å². The van der Waals surface area contributed by atoms with Crippen LogP contribution in [0.15, 0.2) is 30.3 Å². The Kier molecular flexibility index (Phi) is 7.89. The summed E-state index contributed by atoms with van der Waals surface area (Å²) >= 11 is 0. The summed E-state index contributed by atoms with van der Waals surface area (Å²) in [4.78, 5) is 17.6. The number of nitrogens with one attached hydrogen (secondary N) is 1. The Labute approximate surface area is 163 Å². The van der Waals surface area contributed by atoms with Gasteiger partial charge in [0.15, 0.2) is 0 Å². The maximum absolute atomic E-state index is 13.1. The van der Waals surface area contributed by atoms with Gasteiger partial charge in [-0.05, 0) is 31.4 Å². The molecular weight excluding hydrogens is 350 g/mol. The second-order valence-corrected chi connectivity index (χ2v) is 7.55. The Hall–Kier alpha value is -1.14. The van der Waals surface area contributed by atoms with Crippen LogP contribution in [-0.4, -0.2) is 68.7 Å². The van der Waals surface area contributed by atoms with E-state index in [1.165, 1.54) is 5.56 Å². The number of hydrogen-bond acceptors (Lipinski definition) is 4. The van der Waals surface area contributed by atoms with E-state index < -0.39 is 0 Å². The van der Waals surface area contributed by atoms with Crippen LogP contribution in [0, 0.1) is 5.41 Å². The minimum Gasteiger partial charge on any atom is -0.384 e. The van der Waals surface area contributed by atoms with Gasteiger partial charge in [0.2, 0.25) is 5.91 Å². The number of amides is 1. The highest BCUT2D eigenvalue weighted by atomic mass is 35.5. The van der Waals surface area contributed by atoms with Crippen molar-refractivity contribution in [2.75, 3.05) is 46.9 Å². The molecule has 26 heavy (non-hydrogen) atoms. The fourth-order valence-electron chi connectivity index (χ4n) is 4.23. The monoisotopic (exact) mass is 381 g/mol. The third kappa shape index (κ3) is 4.77. The number of ether oxygens (including phenoxy) is 1. The second-order valence-electron chi connectivity index (χ2n) is 7.55. The van der Waals surface area contributed by atoms with Crippen LogP contribution in [0.4, 0.5) is 0 Å². The minimum atomic E-state index is -0.370. The van der Waals surface area contributed by atoms with Crippen LogP contribution in [0.25, 0.3) is 0 Å². The number of hydrogen-bond donors (Lipinski definition) is 1. The molecule has 0 spiro atoms. The molecule has 0 aliphatic carbocycles. The van der Waals surface area contributed by atoms with Crippen molar-refractivity contribution >= 4 is 18.3 Å². The van der Waals surface area contributed by atoms with Gasteiger partial charge in [-0.2, -0.15) is 0 Å². The molecule has 1 aromatic carbocycles. The van der Waals surface area contributed by atoms with Crippen LogP contribution in [0.5, 0.6) is 0 Å². The normalized spacial score (nSPS) is 24.2. The summed E-state index contributed by atoms with van der Waals surface area (Å²) in [6, 6.07) is 11.0. The van der Waals surface area contributed by atoms with Gasteiger partial charge >= 0.3 is 0 Å². The summed E-state index contributed by atoms with van der Waals surface area (Å²) in [5.41, 5.74) is 0.992. The average Bonchev–Trinajstić information content (AvgIpc) is 3.12. The predicted octanol–water partition coefficient (Wildman–Crippen LogP) is 2.16. The number of benzene rings is 1. The van der Waals surface area contributed by atoms with Gasteiger partial charge < -0.3 is 15.0 Å². The number of rotatable bonds is 6. The number of carbonyl (C=O) groups excluding carboxylic acids is 1. The van der Waals surface area contributed by atoms with Crippen molar-refractivity contribution in [2.24, 2.45) is 5.41 Å². The average molecular weight is 382 g/mol. The molecule has 1 N–H and O–H groups in total. The molecule has 6 heteroatoms. The maximum Gasteiger partial charge on any atom is 0.232 e. The third-order valence-electron chi connectivity index (χ3n) is 5.79. The first-order chi connectivity index (χ1) is 12.1. The molecule has 2 aliphatic rings. The highest BCUT2D eigenvalue weighted by molar-refractivity contribution is 5.85. The number of piperidine rings is 1. The van der Waals surface area contributed by atoms with Crippen molar-refractivity contribution in [3.63, 3.8) is 0 Å². The van der Waals surface area contributed by atoms with E-state index in [-0.39, 0.29) is 23.7 Å². The lowest BCUT2D eigenvalue weighted by Gasteiger charge is -2.40. The van der Waals surface area contributed by atoms with Crippen molar-refractivity contribution in [1.29, 1.82) is 0 Å². The summed E-state index contributed by atoms with van der Waals surface area (Å²) in [5.74, 6) is 0.251. The number of nitrogens with zero attached hydrogens (tertiary/aromatic N) is 2. The Bertz CT molecular complexity index is 555. The molecule has 1 amide bonds. The van der Waals surface area contributed by atoms with E-state index in [0.717, 1.165) is 52.0 Å². The number of methoxy groups -OCH3 is 1. The Morgan fingerprint density at radius 2 is 2.00 bits per heavy atom. The van der Waals surface area contributed by atoms with Crippen LogP contribution in [0.2, 0.25) is 0 Å². The molecule has 0 bridgehead atoms. The fourth-order valence-corrected chi connectivity index (χ4v) is 4.23. The third-order valence-corrected chi connectivity index (χ3v) is 5.79. The molecule has 5 nitrogen and oxygen atoms in total. The highest BCUT2D eigenvalue weighted by Gasteiger charge is 2.44. The molecule has 0 radical (unpaired) electrons. The molecule has 0 saturated carbocycles. The molecule has 2 saturated heterocycles. The summed E-state index contributed by atoms with van der Waals surface area (Å²) < 4.78 is 5.38. The second kappa shape index (κ2) is 9.70. The van der Waals surface area contributed by atoms with E-state index in [0.29, 0.717) is 12.6 Å². The summed E-state index contributed by atoms with van der Waals surface area (Å²) in [5, 5.41) is 3.34. The van der Waals surface area contributed by atoms with Gasteiger partial charge in [0.25, 0.3) is 0 Å². The SMILES string of the molecule is COCC1(C(=O)N(C)C2CCN(Cc3ccccc3)CC2)CCNC1.Cl. The van der Waals surface area contributed by atoms with Crippen molar-refractivity contribution in [1.82, 2.24) is 15.1 Å². The summed E-state index contributed by atoms with van der Waals surface area (Å²) in [7, 11) is 3.67. The molecule has 2 fully saturated rings. The molecule has 2 heterocycles. The quantitative estimate of drug-likeness (QED) is 0.820. The number of halogens is 1. The predicted molar refractivity (Wildman–Crippen MR) is 107 cm³/mol. The molecule has 0 aromatic heterocycles. The van der Waals surface area contributed by atoms with Gasteiger partial charge in [0, 0.05) is 46.4 Å². The Balaban J connectivity index is 0.00000243. The molecular formula is C20H32ClN3O2. The molecule has 1 unspecified atom stereocenters. The van der Waals surface area contributed by atoms with Crippen LogP contribution in [0.3, 0.4) is 0 Å². The first-order valence-corrected chi connectivity index (χ1v) is 9.38. The molecule has 146 valence electrons. The Morgan fingerprint density at radius 3 is 2.58 bits per heavy atom. The first-order valence-electron chi connectivity index (χ1n) is 9.38. The van der Waals surface area contributed by atoms with Crippen LogP contribution >= 0.6 is 12.4 Å². The van der Waals surface area contributed by atoms with Gasteiger partial charge in [-0.15, -0.1) is 12.4 Å². The zero-order valence-corrected chi connectivity index (χ0v) is 16.8. The van der Waals surface area contributed by atoms with Gasteiger partial charge in [-0.1, -0.05) is 30.3 Å². The van der Waals surface area contributed by atoms with E-state index in [4.69, 9.17) is 4.74 Å². The van der Waals surface area contributed by atoms with Crippen molar-refractivity contribution in [3.8, 4) is 0 Å². The zero-order chi connectivity index (χ0) is 17.7. The van der Waals surface area contributed by atoms with Crippen LogP contribution in [0.1, 0.15) is 24.8 Å². The molecule has 1 atom stereocenters. The van der Waals surface area contributed by atoms with E-state index in [1.807, 2.05) is 11.9 Å². The van der Waals surface area contributed by atoms with E-state index >= 15 is 0 Å². The zero-order valence-electron chi connectivity index (χ0n) is 15.9. The van der Waals surface area contributed by atoms with Crippen molar-refractivity contribution < 1.29 is 9.53 Å².